The highest BCUT2D eigenvalue weighted by atomic mass is 32.2. The van der Waals surface area contributed by atoms with Crippen molar-refractivity contribution < 1.29 is 13.2 Å². The molecule has 0 spiro atoms. The summed E-state index contributed by atoms with van der Waals surface area (Å²) in [5, 5.41) is 7.33. The average molecular weight is 318 g/mol. The molecule has 1 aromatic heterocycles. The number of likely N-dealkylation sites (N-methyl/N-ethyl adjacent to an activating group) is 1. The molecule has 0 radical (unpaired) electrons. The Morgan fingerprint density at radius 1 is 1.38 bits per heavy atom. The maximum atomic E-state index is 12.4. The molecule has 0 amide bonds. The van der Waals surface area contributed by atoms with Crippen LogP contribution in [0, 0.1) is 13.8 Å². The quantitative estimate of drug-likeness (QED) is 0.689. The lowest BCUT2D eigenvalue weighted by Crippen LogP contribution is -2.32. The first-order chi connectivity index (χ1) is 9.83. The predicted octanol–water partition coefficient (Wildman–Crippen LogP) is 0.423. The fraction of sp³-hybridized carbons (Fsp3) is 0.769. The fourth-order valence-electron chi connectivity index (χ4n) is 2.15. The SMILES string of the molecule is CCOC(C)CNS(=O)(=O)c1c(C)nn(CCNC)c1C. The summed E-state index contributed by atoms with van der Waals surface area (Å²) >= 11 is 0. The van der Waals surface area contributed by atoms with Gasteiger partial charge in [0.05, 0.1) is 24.0 Å². The Morgan fingerprint density at radius 2 is 2.05 bits per heavy atom. The molecule has 1 rings (SSSR count). The minimum absolute atomic E-state index is 0.162. The molecule has 21 heavy (non-hydrogen) atoms. The summed E-state index contributed by atoms with van der Waals surface area (Å²) in [7, 11) is -1.73. The van der Waals surface area contributed by atoms with E-state index in [1.807, 2.05) is 20.9 Å². The van der Waals surface area contributed by atoms with Crippen molar-refractivity contribution in [2.24, 2.45) is 0 Å². The van der Waals surface area contributed by atoms with Crippen LogP contribution in [0.4, 0.5) is 0 Å². The summed E-state index contributed by atoms with van der Waals surface area (Å²) in [5.41, 5.74) is 1.17. The number of hydrogen-bond donors (Lipinski definition) is 2. The van der Waals surface area contributed by atoms with Gasteiger partial charge in [-0.15, -0.1) is 0 Å². The van der Waals surface area contributed by atoms with Crippen molar-refractivity contribution in [1.29, 1.82) is 0 Å². The number of sulfonamides is 1. The van der Waals surface area contributed by atoms with Crippen LogP contribution in [0.5, 0.6) is 0 Å². The first kappa shape index (κ1) is 18.1. The molecular formula is C13H26N4O3S. The Hall–Kier alpha value is -0.960. The summed E-state index contributed by atoms with van der Waals surface area (Å²) < 4.78 is 34.5. The standard InChI is InChI=1S/C13H26N4O3S/c1-6-20-10(2)9-15-21(18,19)13-11(3)16-17(12(13)4)8-7-14-5/h10,14-15H,6-9H2,1-5H3. The smallest absolute Gasteiger partial charge is 0.244 e. The molecule has 0 aliphatic heterocycles. The number of nitrogens with zero attached hydrogens (tertiary/aromatic N) is 2. The lowest BCUT2D eigenvalue weighted by Gasteiger charge is -2.13. The summed E-state index contributed by atoms with van der Waals surface area (Å²) in [6, 6.07) is 0. The van der Waals surface area contributed by atoms with Gasteiger partial charge in [-0.2, -0.15) is 5.10 Å². The van der Waals surface area contributed by atoms with Crippen molar-refractivity contribution >= 4 is 10.0 Å². The molecule has 0 aliphatic carbocycles. The van der Waals surface area contributed by atoms with E-state index in [2.05, 4.69) is 15.1 Å². The lowest BCUT2D eigenvalue weighted by atomic mass is 10.4. The zero-order valence-electron chi connectivity index (χ0n) is 13.4. The van der Waals surface area contributed by atoms with Gasteiger partial charge in [-0.25, -0.2) is 13.1 Å². The van der Waals surface area contributed by atoms with Gasteiger partial charge in [-0.05, 0) is 34.7 Å². The van der Waals surface area contributed by atoms with Gasteiger partial charge in [-0.1, -0.05) is 0 Å². The Bertz CT molecular complexity index is 554. The highest BCUT2D eigenvalue weighted by Gasteiger charge is 2.24. The lowest BCUT2D eigenvalue weighted by molar-refractivity contribution is 0.0799. The molecule has 1 unspecified atom stereocenters. The van der Waals surface area contributed by atoms with Crippen LogP contribution < -0.4 is 10.0 Å². The van der Waals surface area contributed by atoms with Crippen LogP contribution in [0.2, 0.25) is 0 Å². The fourth-order valence-corrected chi connectivity index (χ4v) is 3.67. The molecule has 0 saturated heterocycles. The molecule has 1 atom stereocenters. The molecule has 7 nitrogen and oxygen atoms in total. The molecule has 2 N–H and O–H groups in total. The van der Waals surface area contributed by atoms with Crippen LogP contribution in [-0.4, -0.2) is 51.0 Å². The minimum atomic E-state index is -3.57. The molecule has 8 heteroatoms. The van der Waals surface area contributed by atoms with Crippen molar-refractivity contribution in [3.05, 3.63) is 11.4 Å². The minimum Gasteiger partial charge on any atom is -0.377 e. The van der Waals surface area contributed by atoms with E-state index in [1.165, 1.54) is 0 Å². The molecule has 0 bridgehead atoms. The molecule has 0 aliphatic rings. The molecule has 0 fully saturated rings. The second kappa shape index (κ2) is 7.88. The van der Waals surface area contributed by atoms with E-state index in [4.69, 9.17) is 4.74 Å². The van der Waals surface area contributed by atoms with Crippen LogP contribution in [0.1, 0.15) is 25.2 Å². The molecule has 1 aromatic rings. The number of ether oxygens (including phenoxy) is 1. The summed E-state index contributed by atoms with van der Waals surface area (Å²) in [6.45, 7) is 9.37. The van der Waals surface area contributed by atoms with Gasteiger partial charge in [0.1, 0.15) is 4.90 Å². The van der Waals surface area contributed by atoms with E-state index >= 15 is 0 Å². The Balaban J connectivity index is 2.90. The van der Waals surface area contributed by atoms with Crippen LogP contribution in [0.3, 0.4) is 0 Å². The third-order valence-electron chi connectivity index (χ3n) is 3.17. The van der Waals surface area contributed by atoms with Crippen LogP contribution >= 0.6 is 0 Å². The molecule has 0 aromatic carbocycles. The predicted molar refractivity (Wildman–Crippen MR) is 81.9 cm³/mol. The monoisotopic (exact) mass is 318 g/mol. The summed E-state index contributed by atoms with van der Waals surface area (Å²) in [6.07, 6.45) is -0.162. The van der Waals surface area contributed by atoms with E-state index in [9.17, 15) is 8.42 Å². The van der Waals surface area contributed by atoms with Gasteiger partial charge >= 0.3 is 0 Å². The molecular weight excluding hydrogens is 292 g/mol. The van der Waals surface area contributed by atoms with Crippen molar-refractivity contribution in [3.63, 3.8) is 0 Å². The van der Waals surface area contributed by atoms with E-state index in [-0.39, 0.29) is 17.5 Å². The molecule has 0 saturated carbocycles. The van der Waals surface area contributed by atoms with Gasteiger partial charge in [0, 0.05) is 19.7 Å². The summed E-state index contributed by atoms with van der Waals surface area (Å²) in [4.78, 5) is 0.266. The van der Waals surface area contributed by atoms with E-state index in [0.717, 1.165) is 6.54 Å². The normalized spacial score (nSPS) is 13.6. The number of aryl methyl sites for hydroxylation is 1. The highest BCUT2D eigenvalue weighted by Crippen LogP contribution is 2.19. The van der Waals surface area contributed by atoms with Crippen molar-refractivity contribution in [2.45, 2.75) is 45.2 Å². The number of nitrogens with one attached hydrogen (secondary N) is 2. The van der Waals surface area contributed by atoms with Crippen LogP contribution in [-0.2, 0) is 21.3 Å². The van der Waals surface area contributed by atoms with Crippen molar-refractivity contribution in [1.82, 2.24) is 19.8 Å². The maximum absolute atomic E-state index is 12.4. The third-order valence-corrected chi connectivity index (χ3v) is 4.84. The van der Waals surface area contributed by atoms with Crippen LogP contribution in [0.15, 0.2) is 4.90 Å². The van der Waals surface area contributed by atoms with Gasteiger partial charge in [0.15, 0.2) is 0 Å². The first-order valence-electron chi connectivity index (χ1n) is 7.13. The number of hydrogen-bond acceptors (Lipinski definition) is 5. The zero-order chi connectivity index (χ0) is 16.0. The van der Waals surface area contributed by atoms with E-state index < -0.39 is 10.0 Å². The third kappa shape index (κ3) is 4.77. The van der Waals surface area contributed by atoms with Gasteiger partial charge in [0.2, 0.25) is 10.0 Å². The Kier molecular flexibility index (Phi) is 6.79. The van der Waals surface area contributed by atoms with Crippen molar-refractivity contribution in [3.8, 4) is 0 Å². The topological polar surface area (TPSA) is 85.2 Å². The number of rotatable bonds is 9. The largest absolute Gasteiger partial charge is 0.377 e. The van der Waals surface area contributed by atoms with Crippen LogP contribution in [0.25, 0.3) is 0 Å². The Labute approximate surface area is 127 Å². The maximum Gasteiger partial charge on any atom is 0.244 e. The van der Waals surface area contributed by atoms with Gasteiger partial charge < -0.3 is 10.1 Å². The molecule has 122 valence electrons. The van der Waals surface area contributed by atoms with E-state index in [0.29, 0.717) is 24.5 Å². The zero-order valence-corrected chi connectivity index (χ0v) is 14.2. The van der Waals surface area contributed by atoms with Gasteiger partial charge in [0.25, 0.3) is 0 Å². The van der Waals surface area contributed by atoms with Crippen molar-refractivity contribution in [2.75, 3.05) is 26.7 Å². The molecule has 1 heterocycles. The van der Waals surface area contributed by atoms with Gasteiger partial charge in [-0.3, -0.25) is 4.68 Å². The highest BCUT2D eigenvalue weighted by molar-refractivity contribution is 7.89. The van der Waals surface area contributed by atoms with E-state index in [1.54, 1.807) is 18.5 Å². The average Bonchev–Trinajstić information content (AvgIpc) is 2.70. The number of aromatic nitrogens is 2. The summed E-state index contributed by atoms with van der Waals surface area (Å²) in [5.74, 6) is 0. The Morgan fingerprint density at radius 3 is 2.62 bits per heavy atom. The second-order valence-corrected chi connectivity index (χ2v) is 6.65. The first-order valence-corrected chi connectivity index (χ1v) is 8.61. The second-order valence-electron chi connectivity index (χ2n) is 4.94.